The number of rotatable bonds is 6. The molecule has 25 heteroatoms. The number of ether oxygens (including phenoxy) is 5. The molecule has 0 aliphatic rings. The Morgan fingerprint density at radius 1 is 0.515 bits per heavy atom. The van der Waals surface area contributed by atoms with E-state index in [1.807, 2.05) is 0 Å². The number of aromatic hydroxyl groups is 1. The van der Waals surface area contributed by atoms with E-state index in [1.54, 1.807) is 0 Å². The Hall–Kier alpha value is -5.07. The summed E-state index contributed by atoms with van der Waals surface area (Å²) in [5.41, 5.74) is -6.44. The maximum atomic E-state index is 14.3. The number of benzene rings is 4. The first-order valence-corrected chi connectivity index (χ1v) is 19.1. The average molecular weight is 1100 g/mol. The van der Waals surface area contributed by atoms with Gasteiger partial charge in [-0.1, -0.05) is 7.43 Å². The highest BCUT2D eigenvalue weighted by atomic mass is 79.9. The minimum absolute atomic E-state index is 0. The minimum Gasteiger partial charge on any atom is -0.508 e. The summed E-state index contributed by atoms with van der Waals surface area (Å²) in [6.07, 6.45) is -19.6. The highest BCUT2D eigenvalue weighted by molar-refractivity contribution is 9.11. The molecule has 0 aliphatic carbocycles. The third-order valence-corrected chi connectivity index (χ3v) is 8.95. The predicted molar refractivity (Wildman–Crippen MR) is 213 cm³/mol. The molecule has 0 aliphatic heterocycles. The van der Waals surface area contributed by atoms with E-state index in [2.05, 4.69) is 41.3 Å². The van der Waals surface area contributed by atoms with Crippen LogP contribution in [0.5, 0.6) is 28.7 Å². The largest absolute Gasteiger partial charge is 0.573 e. The molecule has 0 radical (unpaired) electrons. The SMILES string of the molecule is C.CC(C)(C)OC(=O)c1c(F)ccc(C(F)(F)F)c1Br.Cc1c(O)ccc(OC(F)(F)F)c1F.Cc1c(Oc2ccc(C(F)(F)F)c(Br)c2C(=O)OC(C)(C)C)ccc(OC(F)(F)F)c1F. The van der Waals surface area contributed by atoms with Crippen molar-refractivity contribution >= 4 is 43.8 Å². The van der Waals surface area contributed by atoms with Crippen molar-refractivity contribution in [1.82, 2.24) is 0 Å². The molecule has 0 atom stereocenters. The Kier molecular flexibility index (Phi) is 19.4. The Morgan fingerprint density at radius 2 is 0.864 bits per heavy atom. The van der Waals surface area contributed by atoms with E-state index in [0.717, 1.165) is 32.0 Å². The second kappa shape index (κ2) is 21.7. The van der Waals surface area contributed by atoms with Gasteiger partial charge in [0, 0.05) is 20.1 Å². The highest BCUT2D eigenvalue weighted by Crippen LogP contribution is 2.43. The van der Waals surface area contributed by atoms with Crippen LogP contribution in [0.3, 0.4) is 0 Å². The molecule has 0 spiro atoms. The monoisotopic (exact) mass is 1100 g/mol. The van der Waals surface area contributed by atoms with Crippen LogP contribution in [-0.2, 0) is 21.8 Å². The molecule has 0 saturated heterocycles. The molecule has 0 amide bonds. The molecular formula is C41H37Br2F15O8. The van der Waals surface area contributed by atoms with E-state index in [4.69, 9.17) is 19.3 Å². The average Bonchev–Trinajstić information content (AvgIpc) is 3.09. The fraction of sp³-hybridized carbons (Fsp3) is 0.366. The molecule has 0 bridgehead atoms. The predicted octanol–water partition coefficient (Wildman–Crippen LogP) is 15.5. The van der Waals surface area contributed by atoms with Crippen molar-refractivity contribution in [3.8, 4) is 28.7 Å². The summed E-state index contributed by atoms with van der Waals surface area (Å²) in [7, 11) is 0. The van der Waals surface area contributed by atoms with Crippen LogP contribution in [0.1, 0.15) is 91.9 Å². The van der Waals surface area contributed by atoms with Crippen molar-refractivity contribution in [2.45, 2.75) is 99.1 Å². The summed E-state index contributed by atoms with van der Waals surface area (Å²) in [5.74, 6) is -9.29. The lowest BCUT2D eigenvalue weighted by molar-refractivity contribution is -0.276. The van der Waals surface area contributed by atoms with E-state index >= 15 is 0 Å². The lowest BCUT2D eigenvalue weighted by Crippen LogP contribution is -2.25. The fourth-order valence-corrected chi connectivity index (χ4v) is 6.02. The smallest absolute Gasteiger partial charge is 0.508 e. The number of carbonyl (C=O) groups is 2. The van der Waals surface area contributed by atoms with Gasteiger partial charge < -0.3 is 28.8 Å². The third kappa shape index (κ3) is 17.3. The van der Waals surface area contributed by atoms with Crippen LogP contribution in [-0.4, -0.2) is 41.0 Å². The van der Waals surface area contributed by atoms with Crippen LogP contribution in [0.4, 0.5) is 65.9 Å². The molecular weight excluding hydrogens is 1070 g/mol. The second-order valence-corrected chi connectivity index (χ2v) is 16.4. The lowest BCUT2D eigenvalue weighted by atomic mass is 10.1. The maximum Gasteiger partial charge on any atom is 0.573 e. The van der Waals surface area contributed by atoms with E-state index in [1.165, 1.54) is 41.5 Å². The first-order valence-electron chi connectivity index (χ1n) is 17.5. The van der Waals surface area contributed by atoms with Crippen molar-refractivity contribution in [3.63, 3.8) is 0 Å². The van der Waals surface area contributed by atoms with Gasteiger partial charge >= 0.3 is 37.0 Å². The first kappa shape index (κ1) is 58.9. The van der Waals surface area contributed by atoms with Gasteiger partial charge in [0.2, 0.25) is 0 Å². The zero-order valence-electron chi connectivity index (χ0n) is 34.3. The van der Waals surface area contributed by atoms with Gasteiger partial charge in [-0.05, 0) is 136 Å². The van der Waals surface area contributed by atoms with Gasteiger partial charge in [0.25, 0.3) is 0 Å². The van der Waals surface area contributed by atoms with Crippen molar-refractivity contribution in [2.75, 3.05) is 0 Å². The standard InChI is InChI=1S/C20H16BrF7O4.C12H11BrF4O2.C8H6F4O2.CH4/c1-9-11(7-8-13(16(9)22)31-20(26,27)28)30-12-6-5-10(19(23,24)25)15(21)14(12)17(29)32-18(2,3)4;1-11(2,3)19-10(18)8-7(14)5-4-6(9(8)13)12(15,16)17;1-4-5(13)2-3-6(7(4)9)14-8(10,11)12;/h5-8H,1-4H3;4-5H,1-3H3;2-3,13H,1H3;1H4. The third-order valence-electron chi connectivity index (χ3n) is 7.31. The van der Waals surface area contributed by atoms with Crippen LogP contribution in [0.25, 0.3) is 0 Å². The Labute approximate surface area is 383 Å². The van der Waals surface area contributed by atoms with Crippen LogP contribution in [0.2, 0.25) is 0 Å². The number of carbonyl (C=O) groups excluding carboxylic acids is 2. The van der Waals surface area contributed by atoms with Crippen molar-refractivity contribution < 1.29 is 104 Å². The molecule has 1 N–H and O–H groups in total. The molecule has 66 heavy (non-hydrogen) atoms. The second-order valence-electron chi connectivity index (χ2n) is 14.8. The Balaban J connectivity index is 0.000000543. The van der Waals surface area contributed by atoms with Gasteiger partial charge in [-0.3, -0.25) is 0 Å². The van der Waals surface area contributed by atoms with Crippen LogP contribution >= 0.6 is 31.9 Å². The molecule has 4 rings (SSSR count). The minimum atomic E-state index is -5.14. The number of phenols is 1. The van der Waals surface area contributed by atoms with Crippen LogP contribution < -0.4 is 14.2 Å². The lowest BCUT2D eigenvalue weighted by Gasteiger charge is -2.22. The number of alkyl halides is 12. The van der Waals surface area contributed by atoms with Crippen molar-refractivity contribution in [2.24, 2.45) is 0 Å². The maximum absolute atomic E-state index is 14.3. The number of hydrogen-bond donors (Lipinski definition) is 1. The Morgan fingerprint density at radius 3 is 1.27 bits per heavy atom. The molecule has 368 valence electrons. The summed E-state index contributed by atoms with van der Waals surface area (Å²) in [5, 5.41) is 8.95. The van der Waals surface area contributed by atoms with Gasteiger partial charge in [-0.25, -0.2) is 22.8 Å². The molecule has 0 fully saturated rings. The van der Waals surface area contributed by atoms with E-state index < -0.39 is 125 Å². The van der Waals surface area contributed by atoms with Gasteiger partial charge in [0.15, 0.2) is 23.1 Å². The normalized spacial score (nSPS) is 12.1. The Bertz CT molecular complexity index is 2360. The quantitative estimate of drug-likeness (QED) is 0.151. The summed E-state index contributed by atoms with van der Waals surface area (Å²) < 4.78 is 212. The zero-order valence-corrected chi connectivity index (χ0v) is 37.5. The molecule has 4 aromatic rings. The number of esters is 2. The number of halogens is 17. The number of phenolic OH excluding ortho intramolecular Hbond substituents is 1. The fourth-order valence-electron chi connectivity index (χ4n) is 4.60. The van der Waals surface area contributed by atoms with Crippen molar-refractivity contribution in [1.29, 1.82) is 0 Å². The summed E-state index contributed by atoms with van der Waals surface area (Å²) in [6, 6.07) is 5.80. The van der Waals surface area contributed by atoms with Gasteiger partial charge in [0.1, 0.15) is 45.4 Å². The highest BCUT2D eigenvalue weighted by Gasteiger charge is 2.39. The van der Waals surface area contributed by atoms with E-state index in [9.17, 15) is 75.4 Å². The van der Waals surface area contributed by atoms with Crippen LogP contribution in [0.15, 0.2) is 57.5 Å². The van der Waals surface area contributed by atoms with Crippen LogP contribution in [0, 0.1) is 31.3 Å². The summed E-state index contributed by atoms with van der Waals surface area (Å²) in [6.45, 7) is 11.3. The molecule has 4 aromatic carbocycles. The van der Waals surface area contributed by atoms with E-state index in [0.29, 0.717) is 30.3 Å². The molecule has 0 unspecified atom stereocenters. The van der Waals surface area contributed by atoms with Gasteiger partial charge in [-0.2, -0.15) is 26.3 Å². The number of hydrogen-bond acceptors (Lipinski definition) is 8. The molecule has 0 heterocycles. The summed E-state index contributed by atoms with van der Waals surface area (Å²) in [4.78, 5) is 24.3. The molecule has 0 saturated carbocycles. The topological polar surface area (TPSA) is 101 Å². The molecule has 0 aromatic heterocycles. The summed E-state index contributed by atoms with van der Waals surface area (Å²) >= 11 is 5.36. The van der Waals surface area contributed by atoms with Gasteiger partial charge in [0.05, 0.1) is 11.1 Å². The van der Waals surface area contributed by atoms with E-state index in [-0.39, 0.29) is 18.7 Å². The zero-order chi connectivity index (χ0) is 50.6. The van der Waals surface area contributed by atoms with Crippen molar-refractivity contribution in [3.05, 3.63) is 108 Å². The first-order chi connectivity index (χ1) is 29.1. The van der Waals surface area contributed by atoms with Gasteiger partial charge in [-0.15, -0.1) is 26.3 Å². The molecule has 8 nitrogen and oxygen atoms in total.